The molecule has 1 aliphatic rings. The molecular weight excluding hydrogens is 228 g/mol. The van der Waals surface area contributed by atoms with Crippen LogP contribution in [-0.2, 0) is 4.79 Å². The summed E-state index contributed by atoms with van der Waals surface area (Å²) in [6.45, 7) is 8.60. The lowest BCUT2D eigenvalue weighted by atomic mass is 10.1. The standard InChI is InChI=1S/C14H18N2O2/c1-4-10(2)15-13(17)11(3)14(18)16-12-8-6-5-7-9-12/h4-8,12,16,18H,1-2,9H2,3H3,(H,15,17)/b14-11+. The van der Waals surface area contributed by atoms with E-state index in [0.717, 1.165) is 6.42 Å². The highest BCUT2D eigenvalue weighted by molar-refractivity contribution is 5.94. The van der Waals surface area contributed by atoms with Crippen molar-refractivity contribution in [3.05, 3.63) is 60.7 Å². The second-order valence-corrected chi connectivity index (χ2v) is 3.96. The predicted octanol–water partition coefficient (Wildman–Crippen LogP) is 2.07. The van der Waals surface area contributed by atoms with E-state index in [1.807, 2.05) is 24.3 Å². The molecule has 18 heavy (non-hydrogen) atoms. The molecule has 0 saturated heterocycles. The van der Waals surface area contributed by atoms with Crippen molar-refractivity contribution >= 4 is 5.91 Å². The number of hydrogen-bond acceptors (Lipinski definition) is 3. The highest BCUT2D eigenvalue weighted by Gasteiger charge is 2.13. The SMILES string of the molecule is C=CC(=C)NC(=O)/C(C)=C(/O)NC1C=CC=CC1. The van der Waals surface area contributed by atoms with Crippen molar-refractivity contribution in [2.75, 3.05) is 0 Å². The highest BCUT2D eigenvalue weighted by Crippen LogP contribution is 2.07. The van der Waals surface area contributed by atoms with E-state index in [2.05, 4.69) is 23.8 Å². The molecule has 4 nitrogen and oxygen atoms in total. The first-order valence-corrected chi connectivity index (χ1v) is 5.67. The summed E-state index contributed by atoms with van der Waals surface area (Å²) < 4.78 is 0. The maximum absolute atomic E-state index is 11.7. The van der Waals surface area contributed by atoms with Gasteiger partial charge >= 0.3 is 0 Å². The summed E-state index contributed by atoms with van der Waals surface area (Å²) in [6.07, 6.45) is 9.94. The summed E-state index contributed by atoms with van der Waals surface area (Å²) in [4.78, 5) is 11.7. The highest BCUT2D eigenvalue weighted by atomic mass is 16.3. The van der Waals surface area contributed by atoms with E-state index in [1.54, 1.807) is 0 Å². The Balaban J connectivity index is 2.63. The number of rotatable bonds is 5. The zero-order chi connectivity index (χ0) is 13.5. The average Bonchev–Trinajstić information content (AvgIpc) is 2.38. The molecule has 1 aliphatic carbocycles. The predicted molar refractivity (Wildman–Crippen MR) is 72.6 cm³/mol. The second-order valence-electron chi connectivity index (χ2n) is 3.96. The molecule has 1 unspecified atom stereocenters. The summed E-state index contributed by atoms with van der Waals surface area (Å²) in [5.74, 6) is -0.533. The first kappa shape index (κ1) is 13.8. The largest absolute Gasteiger partial charge is 0.494 e. The number of allylic oxidation sites excluding steroid dienone is 3. The topological polar surface area (TPSA) is 61.4 Å². The minimum atomic E-state index is -0.403. The third kappa shape index (κ3) is 3.97. The van der Waals surface area contributed by atoms with E-state index in [4.69, 9.17) is 0 Å². The van der Waals surface area contributed by atoms with Crippen LogP contribution in [0.15, 0.2) is 60.7 Å². The van der Waals surface area contributed by atoms with Crippen molar-refractivity contribution in [1.29, 1.82) is 0 Å². The number of aliphatic hydroxyl groups excluding tert-OH is 1. The lowest BCUT2D eigenvalue weighted by molar-refractivity contribution is -0.116. The number of amides is 1. The molecule has 0 aliphatic heterocycles. The first-order valence-electron chi connectivity index (χ1n) is 5.67. The molecule has 0 bridgehead atoms. The van der Waals surface area contributed by atoms with Gasteiger partial charge in [0.15, 0.2) is 5.88 Å². The molecule has 0 aromatic heterocycles. The van der Waals surface area contributed by atoms with Gasteiger partial charge in [-0.05, 0) is 19.4 Å². The van der Waals surface area contributed by atoms with Crippen molar-refractivity contribution in [2.24, 2.45) is 0 Å². The van der Waals surface area contributed by atoms with Gasteiger partial charge in [-0.3, -0.25) is 4.79 Å². The van der Waals surface area contributed by atoms with Crippen LogP contribution in [0.1, 0.15) is 13.3 Å². The van der Waals surface area contributed by atoms with Gasteiger partial charge < -0.3 is 15.7 Å². The fraction of sp³-hybridized carbons (Fsp3) is 0.214. The molecule has 96 valence electrons. The Morgan fingerprint density at radius 1 is 1.50 bits per heavy atom. The zero-order valence-electron chi connectivity index (χ0n) is 10.4. The van der Waals surface area contributed by atoms with Crippen molar-refractivity contribution in [3.8, 4) is 0 Å². The van der Waals surface area contributed by atoms with Crippen molar-refractivity contribution in [1.82, 2.24) is 10.6 Å². The number of hydrogen-bond donors (Lipinski definition) is 3. The Bertz CT molecular complexity index is 445. The minimum absolute atomic E-state index is 0.000329. The number of carbonyl (C=O) groups excluding carboxylic acids is 1. The first-order chi connectivity index (χ1) is 8.54. The molecule has 0 fully saturated rings. The second kappa shape index (κ2) is 6.49. The molecule has 1 amide bonds. The van der Waals surface area contributed by atoms with Crippen LogP contribution in [0.2, 0.25) is 0 Å². The Morgan fingerprint density at radius 3 is 2.78 bits per heavy atom. The maximum Gasteiger partial charge on any atom is 0.256 e. The molecule has 1 atom stereocenters. The maximum atomic E-state index is 11.7. The van der Waals surface area contributed by atoms with Crippen LogP contribution in [0, 0.1) is 0 Å². The Kier molecular flexibility index (Phi) is 4.99. The molecular formula is C14H18N2O2. The normalized spacial score (nSPS) is 18.8. The molecule has 0 radical (unpaired) electrons. The lowest BCUT2D eigenvalue weighted by Crippen LogP contribution is -2.31. The summed E-state index contributed by atoms with van der Waals surface area (Å²) in [5.41, 5.74) is 0.605. The molecule has 0 spiro atoms. The van der Waals surface area contributed by atoms with E-state index in [1.165, 1.54) is 13.0 Å². The number of carbonyl (C=O) groups is 1. The Morgan fingerprint density at radius 2 is 2.22 bits per heavy atom. The van der Waals surface area contributed by atoms with Crippen LogP contribution < -0.4 is 10.6 Å². The summed E-state index contributed by atoms with van der Waals surface area (Å²) in [7, 11) is 0. The van der Waals surface area contributed by atoms with E-state index in [9.17, 15) is 9.90 Å². The van der Waals surface area contributed by atoms with Gasteiger partial charge in [0.25, 0.3) is 5.91 Å². The van der Waals surface area contributed by atoms with E-state index in [-0.39, 0.29) is 17.5 Å². The van der Waals surface area contributed by atoms with Gasteiger partial charge in [0, 0.05) is 5.70 Å². The monoisotopic (exact) mass is 246 g/mol. The van der Waals surface area contributed by atoms with Crippen LogP contribution in [0.3, 0.4) is 0 Å². The van der Waals surface area contributed by atoms with Crippen LogP contribution in [0.25, 0.3) is 0 Å². The van der Waals surface area contributed by atoms with Crippen LogP contribution in [-0.4, -0.2) is 17.1 Å². The van der Waals surface area contributed by atoms with Crippen LogP contribution >= 0.6 is 0 Å². The number of nitrogens with one attached hydrogen (secondary N) is 2. The van der Waals surface area contributed by atoms with Gasteiger partial charge in [-0.1, -0.05) is 37.5 Å². The fourth-order valence-electron chi connectivity index (χ4n) is 1.37. The van der Waals surface area contributed by atoms with E-state index < -0.39 is 5.91 Å². The summed E-state index contributed by atoms with van der Waals surface area (Å²) in [5, 5.41) is 15.2. The fourth-order valence-corrected chi connectivity index (χ4v) is 1.37. The molecule has 0 aromatic carbocycles. The van der Waals surface area contributed by atoms with Gasteiger partial charge in [0.2, 0.25) is 0 Å². The Labute approximate surface area is 107 Å². The van der Waals surface area contributed by atoms with E-state index in [0.29, 0.717) is 5.70 Å². The van der Waals surface area contributed by atoms with E-state index >= 15 is 0 Å². The molecule has 0 aromatic rings. The van der Waals surface area contributed by atoms with Crippen molar-refractivity contribution in [2.45, 2.75) is 19.4 Å². The van der Waals surface area contributed by atoms with Crippen LogP contribution in [0.5, 0.6) is 0 Å². The molecule has 3 N–H and O–H groups in total. The third-order valence-corrected chi connectivity index (χ3v) is 2.52. The minimum Gasteiger partial charge on any atom is -0.494 e. The third-order valence-electron chi connectivity index (χ3n) is 2.52. The van der Waals surface area contributed by atoms with Gasteiger partial charge in [-0.25, -0.2) is 0 Å². The van der Waals surface area contributed by atoms with Gasteiger partial charge in [0.1, 0.15) is 0 Å². The molecule has 4 heteroatoms. The Hall–Kier alpha value is -2.23. The lowest BCUT2D eigenvalue weighted by Gasteiger charge is -2.17. The quantitative estimate of drug-likeness (QED) is 0.395. The van der Waals surface area contributed by atoms with Gasteiger partial charge in [-0.2, -0.15) is 0 Å². The van der Waals surface area contributed by atoms with Crippen LogP contribution in [0.4, 0.5) is 0 Å². The molecule has 0 heterocycles. The van der Waals surface area contributed by atoms with Crippen molar-refractivity contribution in [3.63, 3.8) is 0 Å². The smallest absolute Gasteiger partial charge is 0.256 e. The summed E-state index contributed by atoms with van der Waals surface area (Å²) in [6, 6.07) is 0.000329. The van der Waals surface area contributed by atoms with Crippen molar-refractivity contribution < 1.29 is 9.90 Å². The summed E-state index contributed by atoms with van der Waals surface area (Å²) >= 11 is 0. The van der Waals surface area contributed by atoms with Gasteiger partial charge in [0.05, 0.1) is 11.6 Å². The average molecular weight is 246 g/mol. The molecule has 0 saturated carbocycles. The number of aliphatic hydroxyl groups is 1. The van der Waals surface area contributed by atoms with Gasteiger partial charge in [-0.15, -0.1) is 0 Å². The zero-order valence-corrected chi connectivity index (χ0v) is 10.4. The molecule has 1 rings (SSSR count).